The third-order valence-electron chi connectivity index (χ3n) is 3.81. The summed E-state index contributed by atoms with van der Waals surface area (Å²) in [6.45, 7) is 0.961. The fourth-order valence-electron chi connectivity index (χ4n) is 2.69. The van der Waals surface area contributed by atoms with E-state index in [-0.39, 0.29) is 6.04 Å². The van der Waals surface area contributed by atoms with Gasteiger partial charge in [0.1, 0.15) is 0 Å². The Hall–Kier alpha value is -1.82. The van der Waals surface area contributed by atoms with Crippen molar-refractivity contribution < 1.29 is 13.2 Å². The zero-order chi connectivity index (χ0) is 14.9. The average Bonchev–Trinajstić information content (AvgIpc) is 2.97. The minimum atomic E-state index is -4.30. The second-order valence-corrected chi connectivity index (χ2v) is 5.24. The van der Waals surface area contributed by atoms with Gasteiger partial charge in [0, 0.05) is 11.7 Å². The van der Waals surface area contributed by atoms with Gasteiger partial charge in [0.05, 0.1) is 23.8 Å². The highest BCUT2D eigenvalue weighted by atomic mass is 19.4. The molecule has 1 aliphatic heterocycles. The van der Waals surface area contributed by atoms with E-state index in [0.717, 1.165) is 43.6 Å². The Morgan fingerprint density at radius 1 is 1.14 bits per heavy atom. The molecule has 1 aromatic carbocycles. The number of benzene rings is 1. The monoisotopic (exact) mass is 295 g/mol. The maximum atomic E-state index is 12.6. The van der Waals surface area contributed by atoms with E-state index < -0.39 is 11.7 Å². The molecule has 2 aromatic rings. The summed E-state index contributed by atoms with van der Waals surface area (Å²) in [5, 5.41) is 3.43. The van der Waals surface area contributed by atoms with E-state index in [1.807, 2.05) is 4.57 Å². The fourth-order valence-corrected chi connectivity index (χ4v) is 2.69. The zero-order valence-electron chi connectivity index (χ0n) is 11.4. The topological polar surface area (TPSA) is 29.9 Å². The van der Waals surface area contributed by atoms with Crippen LogP contribution in [0.1, 0.15) is 36.6 Å². The fraction of sp³-hybridized carbons (Fsp3) is 0.400. The van der Waals surface area contributed by atoms with Gasteiger partial charge in [-0.15, -0.1) is 0 Å². The predicted molar refractivity (Wildman–Crippen MR) is 73.2 cm³/mol. The van der Waals surface area contributed by atoms with Crippen LogP contribution in [0.5, 0.6) is 0 Å². The van der Waals surface area contributed by atoms with E-state index >= 15 is 0 Å². The third kappa shape index (κ3) is 2.95. The van der Waals surface area contributed by atoms with Crippen LogP contribution in [0.2, 0.25) is 0 Å². The lowest BCUT2D eigenvalue weighted by Crippen LogP contribution is -2.28. The number of alkyl halides is 3. The maximum absolute atomic E-state index is 12.6. The highest BCUT2D eigenvalue weighted by molar-refractivity contribution is 5.37. The Morgan fingerprint density at radius 2 is 1.90 bits per heavy atom. The first-order valence-electron chi connectivity index (χ1n) is 6.99. The van der Waals surface area contributed by atoms with Gasteiger partial charge in [-0.1, -0.05) is 6.42 Å². The smallest absolute Gasteiger partial charge is 0.309 e. The summed E-state index contributed by atoms with van der Waals surface area (Å²) in [4.78, 5) is 4.15. The highest BCUT2D eigenvalue weighted by Crippen LogP contribution is 2.30. The van der Waals surface area contributed by atoms with E-state index in [1.54, 1.807) is 12.5 Å². The number of nitrogens with one attached hydrogen (secondary N) is 1. The number of hydrogen-bond donors (Lipinski definition) is 1. The lowest BCUT2D eigenvalue weighted by Gasteiger charge is -2.24. The minimum Gasteiger partial charge on any atom is -0.309 e. The summed E-state index contributed by atoms with van der Waals surface area (Å²) < 4.78 is 39.7. The van der Waals surface area contributed by atoms with Crippen LogP contribution in [0.15, 0.2) is 36.8 Å². The number of halogens is 3. The average molecular weight is 295 g/mol. The predicted octanol–water partition coefficient (Wildman–Crippen LogP) is 3.71. The first-order chi connectivity index (χ1) is 10.1. The Labute approximate surface area is 120 Å². The molecule has 1 aromatic heterocycles. The van der Waals surface area contributed by atoms with Crippen molar-refractivity contribution >= 4 is 0 Å². The molecule has 1 N–H and O–H groups in total. The van der Waals surface area contributed by atoms with Crippen LogP contribution in [-0.4, -0.2) is 16.1 Å². The molecule has 1 atom stereocenters. The number of hydrogen-bond acceptors (Lipinski definition) is 2. The van der Waals surface area contributed by atoms with Crippen LogP contribution in [0.3, 0.4) is 0 Å². The highest BCUT2D eigenvalue weighted by Gasteiger charge is 2.30. The van der Waals surface area contributed by atoms with E-state index in [9.17, 15) is 13.2 Å². The van der Waals surface area contributed by atoms with Gasteiger partial charge in [-0.05, 0) is 43.7 Å². The molecule has 3 nitrogen and oxygen atoms in total. The summed E-state index contributed by atoms with van der Waals surface area (Å²) in [5.41, 5.74) is 1.06. The van der Waals surface area contributed by atoms with Gasteiger partial charge in [0.2, 0.25) is 0 Å². The van der Waals surface area contributed by atoms with Crippen LogP contribution < -0.4 is 5.32 Å². The molecular weight excluding hydrogens is 279 g/mol. The SMILES string of the molecule is FC(F)(F)c1ccc(-n2cncc2C2CCCCN2)cc1. The number of imidazole rings is 1. The minimum absolute atomic E-state index is 0.212. The van der Waals surface area contributed by atoms with Gasteiger partial charge in [-0.3, -0.25) is 0 Å². The normalized spacial score (nSPS) is 19.7. The van der Waals surface area contributed by atoms with Gasteiger partial charge in [0.25, 0.3) is 0 Å². The molecule has 3 rings (SSSR count). The molecule has 1 unspecified atom stereocenters. The quantitative estimate of drug-likeness (QED) is 0.915. The summed E-state index contributed by atoms with van der Waals surface area (Å²) in [5.74, 6) is 0. The van der Waals surface area contributed by atoms with Crippen LogP contribution in [0, 0.1) is 0 Å². The van der Waals surface area contributed by atoms with Crippen LogP contribution >= 0.6 is 0 Å². The molecule has 21 heavy (non-hydrogen) atoms. The van der Waals surface area contributed by atoms with Crippen molar-refractivity contribution in [3.05, 3.63) is 48.0 Å². The number of aromatic nitrogens is 2. The van der Waals surface area contributed by atoms with Gasteiger partial charge in [-0.25, -0.2) is 4.98 Å². The summed E-state index contributed by atoms with van der Waals surface area (Å²) >= 11 is 0. The lowest BCUT2D eigenvalue weighted by atomic mass is 10.0. The molecule has 0 bridgehead atoms. The number of rotatable bonds is 2. The molecule has 6 heteroatoms. The molecule has 112 valence electrons. The van der Waals surface area contributed by atoms with Crippen molar-refractivity contribution in [3.8, 4) is 5.69 Å². The van der Waals surface area contributed by atoms with Gasteiger partial charge < -0.3 is 9.88 Å². The first-order valence-corrected chi connectivity index (χ1v) is 6.99. The van der Waals surface area contributed by atoms with E-state index in [1.165, 1.54) is 12.1 Å². The van der Waals surface area contributed by atoms with Gasteiger partial charge in [0.15, 0.2) is 0 Å². The second-order valence-electron chi connectivity index (χ2n) is 5.24. The van der Waals surface area contributed by atoms with Gasteiger partial charge in [-0.2, -0.15) is 13.2 Å². The van der Waals surface area contributed by atoms with Gasteiger partial charge >= 0.3 is 6.18 Å². The molecule has 2 heterocycles. The van der Waals surface area contributed by atoms with Crippen molar-refractivity contribution in [3.63, 3.8) is 0 Å². The third-order valence-corrected chi connectivity index (χ3v) is 3.81. The molecule has 0 aliphatic carbocycles. The standard InChI is InChI=1S/C15H16F3N3/c16-15(17,18)11-4-6-12(7-5-11)21-10-19-9-14(21)13-3-1-2-8-20-13/h4-7,9-10,13,20H,1-3,8H2. The summed E-state index contributed by atoms with van der Waals surface area (Å²) in [6, 6.07) is 5.39. The Balaban J connectivity index is 1.89. The number of nitrogens with zero attached hydrogens (tertiary/aromatic N) is 2. The van der Waals surface area contributed by atoms with E-state index in [0.29, 0.717) is 5.69 Å². The first kappa shape index (κ1) is 14.1. The van der Waals surface area contributed by atoms with Crippen molar-refractivity contribution in [2.24, 2.45) is 0 Å². The molecule has 1 fully saturated rings. The maximum Gasteiger partial charge on any atom is 0.416 e. The second kappa shape index (κ2) is 5.52. The molecule has 0 saturated carbocycles. The lowest BCUT2D eigenvalue weighted by molar-refractivity contribution is -0.137. The Bertz CT molecular complexity index is 595. The summed E-state index contributed by atoms with van der Waals surface area (Å²) in [6.07, 6.45) is 2.45. The van der Waals surface area contributed by atoms with Crippen LogP contribution in [0.4, 0.5) is 13.2 Å². The molecular formula is C15H16F3N3. The molecule has 1 saturated heterocycles. The van der Waals surface area contributed by atoms with Crippen molar-refractivity contribution in [2.75, 3.05) is 6.54 Å². The van der Waals surface area contributed by atoms with Crippen molar-refractivity contribution in [1.82, 2.24) is 14.9 Å². The molecule has 0 amide bonds. The van der Waals surface area contributed by atoms with E-state index in [2.05, 4.69) is 10.3 Å². The summed E-state index contributed by atoms with van der Waals surface area (Å²) in [7, 11) is 0. The Kier molecular flexibility index (Phi) is 3.71. The largest absolute Gasteiger partial charge is 0.416 e. The zero-order valence-corrected chi connectivity index (χ0v) is 11.4. The Morgan fingerprint density at radius 3 is 2.52 bits per heavy atom. The van der Waals surface area contributed by atoms with Crippen molar-refractivity contribution in [2.45, 2.75) is 31.5 Å². The van der Waals surface area contributed by atoms with Crippen molar-refractivity contribution in [1.29, 1.82) is 0 Å². The molecule has 0 radical (unpaired) electrons. The van der Waals surface area contributed by atoms with E-state index in [4.69, 9.17) is 0 Å². The molecule has 0 spiro atoms. The molecule has 1 aliphatic rings. The van der Waals surface area contributed by atoms with Crippen LogP contribution in [0.25, 0.3) is 5.69 Å². The van der Waals surface area contributed by atoms with Crippen LogP contribution in [-0.2, 0) is 6.18 Å². The number of piperidine rings is 1.